The van der Waals surface area contributed by atoms with Gasteiger partial charge in [-0.2, -0.15) is 0 Å². The lowest BCUT2D eigenvalue weighted by atomic mass is 10.1. The van der Waals surface area contributed by atoms with Gasteiger partial charge in [-0.25, -0.2) is 0 Å². The predicted molar refractivity (Wildman–Crippen MR) is 104 cm³/mol. The molecule has 0 spiro atoms. The molecule has 0 saturated heterocycles. The van der Waals surface area contributed by atoms with Gasteiger partial charge >= 0.3 is 0 Å². The van der Waals surface area contributed by atoms with Crippen molar-refractivity contribution in [1.29, 1.82) is 0 Å². The van der Waals surface area contributed by atoms with Crippen LogP contribution in [0.15, 0.2) is 48.5 Å². The second-order valence-corrected chi connectivity index (χ2v) is 6.27. The van der Waals surface area contributed by atoms with Crippen LogP contribution in [-0.2, 0) is 11.3 Å². The smallest absolute Gasteiger partial charge is 0.282 e. The van der Waals surface area contributed by atoms with Crippen LogP contribution in [0.5, 0.6) is 11.5 Å². The second kappa shape index (κ2) is 9.82. The van der Waals surface area contributed by atoms with Crippen molar-refractivity contribution >= 4 is 11.6 Å². The summed E-state index contributed by atoms with van der Waals surface area (Å²) in [6.07, 6.45) is 0. The molecule has 140 valence electrons. The van der Waals surface area contributed by atoms with Crippen molar-refractivity contribution in [1.82, 2.24) is 0 Å². The topological polar surface area (TPSA) is 52.0 Å². The van der Waals surface area contributed by atoms with E-state index in [0.717, 1.165) is 28.6 Å². The summed E-state index contributed by atoms with van der Waals surface area (Å²) >= 11 is 0. The van der Waals surface area contributed by atoms with E-state index in [-0.39, 0.29) is 11.9 Å². The van der Waals surface area contributed by atoms with Gasteiger partial charge in [0.2, 0.25) is 0 Å². The molecule has 0 aromatic heterocycles. The molecule has 2 atom stereocenters. The van der Waals surface area contributed by atoms with Gasteiger partial charge in [0.05, 0.1) is 20.3 Å². The number of benzene rings is 2. The molecule has 0 heterocycles. The molecular weight excluding hydrogens is 328 g/mol. The highest BCUT2D eigenvalue weighted by Crippen LogP contribution is 2.15. The van der Waals surface area contributed by atoms with Crippen LogP contribution in [0, 0.1) is 0 Å². The Morgan fingerprint density at radius 1 is 0.962 bits per heavy atom. The molecule has 2 rings (SSSR count). The molecule has 1 amide bonds. The molecule has 0 bridgehead atoms. The van der Waals surface area contributed by atoms with Crippen molar-refractivity contribution in [2.45, 2.75) is 33.4 Å². The Morgan fingerprint density at radius 2 is 1.46 bits per heavy atom. The number of nitrogens with one attached hydrogen (secondary N) is 2. The van der Waals surface area contributed by atoms with Gasteiger partial charge in [-0.3, -0.25) is 4.79 Å². The number of amides is 1. The Kier molecular flexibility index (Phi) is 7.48. The summed E-state index contributed by atoms with van der Waals surface area (Å²) in [5.74, 6) is 1.67. The van der Waals surface area contributed by atoms with E-state index < -0.39 is 0 Å². The first-order valence-corrected chi connectivity index (χ1v) is 9.11. The zero-order valence-electron chi connectivity index (χ0n) is 16.0. The normalized spacial score (nSPS) is 12.9. The van der Waals surface area contributed by atoms with E-state index >= 15 is 0 Å². The molecule has 1 unspecified atom stereocenters. The Bertz CT molecular complexity index is 683. The van der Waals surface area contributed by atoms with Crippen LogP contribution in [0.1, 0.15) is 26.3 Å². The van der Waals surface area contributed by atoms with E-state index in [0.29, 0.717) is 13.2 Å². The number of hydrogen-bond donors (Lipinski definition) is 2. The van der Waals surface area contributed by atoms with E-state index in [2.05, 4.69) is 5.32 Å². The minimum absolute atomic E-state index is 0.00223. The fourth-order valence-corrected chi connectivity index (χ4v) is 2.62. The Labute approximate surface area is 155 Å². The number of hydrogen-bond acceptors (Lipinski definition) is 3. The summed E-state index contributed by atoms with van der Waals surface area (Å²) in [5, 5.41) is 2.97. The zero-order valence-corrected chi connectivity index (χ0v) is 16.0. The third kappa shape index (κ3) is 5.77. The molecule has 2 aromatic carbocycles. The van der Waals surface area contributed by atoms with Crippen molar-refractivity contribution in [3.05, 3.63) is 54.1 Å². The third-order valence-corrected chi connectivity index (χ3v) is 4.28. The van der Waals surface area contributed by atoms with Crippen molar-refractivity contribution in [2.24, 2.45) is 0 Å². The number of carbonyl (C=O) groups is 1. The molecule has 5 heteroatoms. The van der Waals surface area contributed by atoms with Gasteiger partial charge in [0.1, 0.15) is 18.0 Å². The number of anilines is 1. The highest BCUT2D eigenvalue weighted by Gasteiger charge is 2.22. The third-order valence-electron chi connectivity index (χ3n) is 4.28. The lowest BCUT2D eigenvalue weighted by Gasteiger charge is -2.21. The molecule has 0 aliphatic heterocycles. The van der Waals surface area contributed by atoms with Crippen LogP contribution in [0.3, 0.4) is 0 Å². The Morgan fingerprint density at radius 3 is 1.96 bits per heavy atom. The highest BCUT2D eigenvalue weighted by molar-refractivity contribution is 5.93. The molecule has 0 aliphatic carbocycles. The molecule has 0 aliphatic rings. The van der Waals surface area contributed by atoms with E-state index in [4.69, 9.17) is 9.47 Å². The Balaban J connectivity index is 1.89. The average Bonchev–Trinajstić information content (AvgIpc) is 2.64. The van der Waals surface area contributed by atoms with Gasteiger partial charge in [0.15, 0.2) is 6.04 Å². The van der Waals surface area contributed by atoms with E-state index in [9.17, 15) is 4.79 Å². The maximum Gasteiger partial charge on any atom is 0.282 e. The van der Waals surface area contributed by atoms with Crippen LogP contribution in [0.25, 0.3) is 0 Å². The molecular formula is C21H29N2O3+. The van der Waals surface area contributed by atoms with Crippen LogP contribution >= 0.6 is 0 Å². The van der Waals surface area contributed by atoms with Crippen LogP contribution in [0.2, 0.25) is 0 Å². The van der Waals surface area contributed by atoms with Gasteiger partial charge in [-0.05, 0) is 69.3 Å². The molecule has 2 N–H and O–H groups in total. The minimum atomic E-state index is -0.173. The van der Waals surface area contributed by atoms with Crippen molar-refractivity contribution in [3.63, 3.8) is 0 Å². The summed E-state index contributed by atoms with van der Waals surface area (Å²) in [5.41, 5.74) is 1.95. The average molecular weight is 357 g/mol. The van der Waals surface area contributed by atoms with Crippen molar-refractivity contribution in [2.75, 3.05) is 25.6 Å². The SMILES string of the molecule is CCOc1ccc(C[NH+](C)[C@@H](C)C(=O)Nc2ccc(OCC)cc2)cc1. The number of likely N-dealkylation sites (N-methyl/N-ethyl adjacent to an activating group) is 1. The van der Waals surface area contributed by atoms with E-state index in [1.54, 1.807) is 0 Å². The summed E-state index contributed by atoms with van der Waals surface area (Å²) in [7, 11) is 2.03. The first kappa shape index (κ1) is 19.8. The number of quaternary nitrogens is 1. The first-order chi connectivity index (χ1) is 12.5. The van der Waals surface area contributed by atoms with E-state index in [1.807, 2.05) is 76.3 Å². The Hall–Kier alpha value is -2.53. The van der Waals surface area contributed by atoms with Crippen molar-refractivity contribution < 1.29 is 19.2 Å². The second-order valence-electron chi connectivity index (χ2n) is 6.27. The van der Waals surface area contributed by atoms with Crippen molar-refractivity contribution in [3.8, 4) is 11.5 Å². The molecule has 0 radical (unpaired) electrons. The van der Waals surface area contributed by atoms with E-state index in [1.165, 1.54) is 5.56 Å². The molecule has 2 aromatic rings. The fourth-order valence-electron chi connectivity index (χ4n) is 2.62. The highest BCUT2D eigenvalue weighted by atomic mass is 16.5. The van der Waals surface area contributed by atoms with Gasteiger partial charge in [-0.15, -0.1) is 0 Å². The predicted octanol–water partition coefficient (Wildman–Crippen LogP) is 2.53. The number of ether oxygens (including phenoxy) is 2. The molecule has 26 heavy (non-hydrogen) atoms. The maximum atomic E-state index is 12.5. The lowest BCUT2D eigenvalue weighted by Crippen LogP contribution is -3.12. The standard InChI is InChI=1S/C21H28N2O3/c1-5-25-19-11-7-17(8-12-19)15-23(4)16(3)21(24)22-18-9-13-20(14-10-18)26-6-2/h7-14,16H,5-6,15H2,1-4H3,(H,22,24)/p+1/t16-/m0/s1. The molecule has 0 fully saturated rings. The van der Waals surface area contributed by atoms with Crippen LogP contribution in [-0.4, -0.2) is 32.2 Å². The monoisotopic (exact) mass is 357 g/mol. The summed E-state index contributed by atoms with van der Waals surface area (Å²) < 4.78 is 10.9. The largest absolute Gasteiger partial charge is 0.494 e. The number of carbonyl (C=O) groups excluding carboxylic acids is 1. The summed E-state index contributed by atoms with van der Waals surface area (Å²) in [6.45, 7) is 7.91. The van der Waals surface area contributed by atoms with Crippen LogP contribution < -0.4 is 19.7 Å². The van der Waals surface area contributed by atoms with Gasteiger partial charge in [0.25, 0.3) is 5.91 Å². The maximum absolute atomic E-state index is 12.5. The lowest BCUT2D eigenvalue weighted by molar-refractivity contribution is -0.907. The molecule has 0 saturated carbocycles. The molecule has 5 nitrogen and oxygen atoms in total. The van der Waals surface area contributed by atoms with Gasteiger partial charge < -0.3 is 19.7 Å². The first-order valence-electron chi connectivity index (χ1n) is 9.11. The van der Waals surface area contributed by atoms with Crippen LogP contribution in [0.4, 0.5) is 5.69 Å². The quantitative estimate of drug-likeness (QED) is 0.725. The fraction of sp³-hybridized carbons (Fsp3) is 0.381. The number of rotatable bonds is 9. The summed E-state index contributed by atoms with van der Waals surface area (Å²) in [6, 6.07) is 15.3. The summed E-state index contributed by atoms with van der Waals surface area (Å²) in [4.78, 5) is 13.6. The zero-order chi connectivity index (χ0) is 18.9. The van der Waals surface area contributed by atoms with Gasteiger partial charge in [-0.1, -0.05) is 0 Å². The van der Waals surface area contributed by atoms with Gasteiger partial charge in [0, 0.05) is 11.3 Å². The minimum Gasteiger partial charge on any atom is -0.494 e.